The Morgan fingerprint density at radius 1 is 0.804 bits per heavy atom. The fourth-order valence-corrected chi connectivity index (χ4v) is 6.81. The van der Waals surface area contributed by atoms with Crippen molar-refractivity contribution >= 4 is 70.4 Å². The molecule has 300 valence electrons. The van der Waals surface area contributed by atoms with E-state index in [0.717, 1.165) is 11.6 Å². The van der Waals surface area contributed by atoms with E-state index in [2.05, 4.69) is 15.5 Å². The predicted octanol–water partition coefficient (Wildman–Crippen LogP) is 5.99. The minimum Gasteiger partial charge on any atom is -0.495 e. The monoisotopic (exact) mass is 816 g/mol. The first-order valence-electron chi connectivity index (χ1n) is 17.1. The topological polar surface area (TPSA) is 165 Å². The molecule has 0 aliphatic carbocycles. The Hall–Kier alpha value is -5.35. The summed E-state index contributed by atoms with van der Waals surface area (Å²) in [6, 6.07) is 9.71. The molecule has 0 spiro atoms. The maximum atomic E-state index is 13.3. The van der Waals surface area contributed by atoms with E-state index in [0.29, 0.717) is 61.2 Å². The first kappa shape index (κ1) is 43.4. The summed E-state index contributed by atoms with van der Waals surface area (Å²) < 4.78 is 40.0. The lowest BCUT2D eigenvalue weighted by atomic mass is 10.0. The van der Waals surface area contributed by atoms with Crippen molar-refractivity contribution in [3.63, 3.8) is 0 Å². The molecule has 2 bridgehead atoms. The third-order valence-corrected chi connectivity index (χ3v) is 9.42. The third kappa shape index (κ3) is 10.9. The van der Waals surface area contributed by atoms with Crippen molar-refractivity contribution in [2.75, 3.05) is 65.4 Å². The normalized spacial score (nSPS) is 16.5. The number of rotatable bonds is 12. The molecule has 0 saturated carbocycles. The maximum Gasteiger partial charge on any atom is 0.328 e. The van der Waals surface area contributed by atoms with Gasteiger partial charge in [0.2, 0.25) is 17.7 Å². The number of amides is 3. The summed E-state index contributed by atoms with van der Waals surface area (Å²) in [4.78, 5) is 51.0. The third-order valence-electron chi connectivity index (χ3n) is 8.71. The predicted molar refractivity (Wildman–Crippen MR) is 210 cm³/mol. The average Bonchev–Trinajstić information content (AvgIpc) is 3.15. The smallest absolute Gasteiger partial charge is 0.328 e. The largest absolute Gasteiger partial charge is 0.495 e. The van der Waals surface area contributed by atoms with Crippen LogP contribution in [0, 0.1) is 5.82 Å². The number of methoxy groups -OCH3 is 4. The number of hydrogen-bond donors (Lipinski definition) is 3. The van der Waals surface area contributed by atoms with Crippen LogP contribution in [0.15, 0.2) is 48.6 Å². The van der Waals surface area contributed by atoms with E-state index < -0.39 is 5.97 Å². The first-order chi connectivity index (χ1) is 26.7. The van der Waals surface area contributed by atoms with Gasteiger partial charge in [0, 0.05) is 56.8 Å². The summed E-state index contributed by atoms with van der Waals surface area (Å²) in [7, 11) is 5.72. The zero-order valence-electron chi connectivity index (χ0n) is 31.6. The van der Waals surface area contributed by atoms with Crippen molar-refractivity contribution in [1.29, 1.82) is 0 Å². The Bertz CT molecular complexity index is 1980. The Morgan fingerprint density at radius 3 is 1.68 bits per heavy atom. The van der Waals surface area contributed by atoms with Gasteiger partial charge in [-0.15, -0.1) is 0 Å². The van der Waals surface area contributed by atoms with Gasteiger partial charge < -0.3 is 44.3 Å². The highest BCUT2D eigenvalue weighted by Gasteiger charge is 2.39. The molecule has 0 aromatic heterocycles. The van der Waals surface area contributed by atoms with Gasteiger partial charge in [-0.3, -0.25) is 19.3 Å². The Balaban J connectivity index is 0.000000296. The van der Waals surface area contributed by atoms with Crippen LogP contribution in [-0.4, -0.2) is 105 Å². The van der Waals surface area contributed by atoms with Crippen molar-refractivity contribution in [1.82, 2.24) is 9.80 Å². The molecule has 3 N–H and O–H groups in total. The number of carboxylic acid groups (broad SMARTS) is 1. The van der Waals surface area contributed by atoms with Gasteiger partial charge in [-0.25, -0.2) is 9.18 Å². The van der Waals surface area contributed by atoms with E-state index in [1.54, 1.807) is 29.2 Å². The van der Waals surface area contributed by atoms with E-state index in [9.17, 15) is 23.6 Å². The number of nitrogens with zero attached hydrogens (tertiary/aromatic N) is 2. The minimum atomic E-state index is -1.12. The van der Waals surface area contributed by atoms with Crippen LogP contribution in [0.3, 0.4) is 0 Å². The highest BCUT2D eigenvalue weighted by molar-refractivity contribution is 6.35. The zero-order valence-corrected chi connectivity index (χ0v) is 33.1. The second kappa shape index (κ2) is 20.0. The van der Waals surface area contributed by atoms with Crippen molar-refractivity contribution in [3.8, 4) is 23.0 Å². The van der Waals surface area contributed by atoms with E-state index in [4.69, 9.17) is 52.0 Å². The summed E-state index contributed by atoms with van der Waals surface area (Å²) in [6.45, 7) is 5.41. The van der Waals surface area contributed by atoms with Gasteiger partial charge in [0.1, 0.15) is 27.4 Å². The number of piperazine rings is 1. The molecule has 3 amide bonds. The molecule has 2 aliphatic heterocycles. The van der Waals surface area contributed by atoms with E-state index in [1.807, 2.05) is 0 Å². The van der Waals surface area contributed by atoms with Crippen LogP contribution in [0.4, 0.5) is 15.8 Å². The average molecular weight is 818 g/mol. The van der Waals surface area contributed by atoms with Gasteiger partial charge >= 0.3 is 5.97 Å². The summed E-state index contributed by atoms with van der Waals surface area (Å²) in [6.07, 6.45) is 5.34. The highest BCUT2D eigenvalue weighted by Crippen LogP contribution is 2.44. The number of halogens is 3. The standard InChI is InChI=1S/C26H29ClFN3O5.C13H14ClNO5/c1-16(32)29-25-18(10-22(34-2)24(27)26(25)35-3)6-9-23(33)30-12-20-14-36-15-21(13-30)31(20)11-17-4-7-19(28)8-5-17;1-7(16)15-12-8(4-5-10(17)18)6-9(19-2)11(14)13(12)20-3/h4-10,20-21H,11-15H2,1-3H3,(H,29,32);4-6H,1-3H3,(H,15,16)(H,17,18)/b9-6+;5-4+. The van der Waals surface area contributed by atoms with Crippen molar-refractivity contribution < 1.29 is 52.4 Å². The number of carbonyl (C=O) groups excluding carboxylic acids is 3. The van der Waals surface area contributed by atoms with Gasteiger partial charge in [0.25, 0.3) is 0 Å². The number of nitrogens with one attached hydrogen (secondary N) is 2. The number of benzene rings is 3. The molecular formula is C39H43Cl2FN4O10. The van der Waals surface area contributed by atoms with Gasteiger partial charge in [-0.1, -0.05) is 35.3 Å². The molecule has 2 unspecified atom stereocenters. The molecule has 0 radical (unpaired) electrons. The highest BCUT2D eigenvalue weighted by atomic mass is 35.5. The molecule has 2 saturated heterocycles. The molecule has 2 atom stereocenters. The molecule has 14 nitrogen and oxygen atoms in total. The van der Waals surface area contributed by atoms with Gasteiger partial charge in [0.05, 0.1) is 65.1 Å². The maximum absolute atomic E-state index is 13.3. The Morgan fingerprint density at radius 2 is 1.27 bits per heavy atom. The minimum absolute atomic E-state index is 0.0329. The molecule has 3 aromatic rings. The first-order valence-corrected chi connectivity index (χ1v) is 17.9. The van der Waals surface area contributed by atoms with Crippen LogP contribution in [0.1, 0.15) is 30.5 Å². The fourth-order valence-electron chi connectivity index (χ4n) is 6.21. The number of morpholine rings is 1. The number of hydrogen-bond acceptors (Lipinski definition) is 10. The lowest BCUT2D eigenvalue weighted by Crippen LogP contribution is -2.64. The number of carbonyl (C=O) groups is 4. The molecule has 2 heterocycles. The van der Waals surface area contributed by atoms with E-state index in [1.165, 1.54) is 72.6 Å². The van der Waals surface area contributed by atoms with Crippen LogP contribution in [-0.2, 0) is 30.5 Å². The van der Waals surface area contributed by atoms with Crippen LogP contribution >= 0.6 is 23.2 Å². The molecule has 2 fully saturated rings. The summed E-state index contributed by atoms with van der Waals surface area (Å²) >= 11 is 12.4. The SMILES string of the molecule is COc1cc(/C=C/C(=O)N2CC3COCC(C2)N3Cc2ccc(F)cc2)c(NC(C)=O)c(OC)c1Cl.COc1cc(/C=C/C(=O)O)c(NC(C)=O)c(OC)c1Cl. The number of aliphatic carboxylic acids is 1. The lowest BCUT2D eigenvalue weighted by molar-refractivity contribution is -0.141. The van der Waals surface area contributed by atoms with Crippen LogP contribution in [0.25, 0.3) is 12.2 Å². The number of ether oxygens (including phenoxy) is 5. The number of fused-ring (bicyclic) bond motifs is 2. The summed E-state index contributed by atoms with van der Waals surface area (Å²) in [5, 5.41) is 14.4. The van der Waals surface area contributed by atoms with Gasteiger partial charge in [0.15, 0.2) is 11.5 Å². The lowest BCUT2D eigenvalue weighted by Gasteiger charge is -2.49. The molecule has 5 rings (SSSR count). The van der Waals surface area contributed by atoms with Crippen molar-refractivity contribution in [2.24, 2.45) is 0 Å². The second-order valence-corrected chi connectivity index (χ2v) is 13.3. The molecular weight excluding hydrogens is 774 g/mol. The quantitative estimate of drug-likeness (QED) is 0.184. The van der Waals surface area contributed by atoms with E-state index >= 15 is 0 Å². The number of anilines is 2. The van der Waals surface area contributed by atoms with Crippen LogP contribution < -0.4 is 29.6 Å². The zero-order chi connectivity index (χ0) is 41.1. The van der Waals surface area contributed by atoms with Crippen LogP contribution in [0.2, 0.25) is 10.0 Å². The van der Waals surface area contributed by atoms with E-state index in [-0.39, 0.29) is 62.9 Å². The Kier molecular flexibility index (Phi) is 15.5. The summed E-state index contributed by atoms with van der Waals surface area (Å²) in [5.41, 5.74) is 2.58. The molecule has 3 aromatic carbocycles. The van der Waals surface area contributed by atoms with Gasteiger partial charge in [-0.2, -0.15) is 0 Å². The summed E-state index contributed by atoms with van der Waals surface area (Å²) in [5.74, 6) is -1.07. The second-order valence-electron chi connectivity index (χ2n) is 12.5. The molecule has 17 heteroatoms. The molecule has 56 heavy (non-hydrogen) atoms. The van der Waals surface area contributed by atoms with Crippen molar-refractivity contribution in [3.05, 3.63) is 81.1 Å². The van der Waals surface area contributed by atoms with Crippen LogP contribution in [0.5, 0.6) is 23.0 Å². The van der Waals surface area contributed by atoms with Gasteiger partial charge in [-0.05, 0) is 42.0 Å². The Labute approximate surface area is 333 Å². The van der Waals surface area contributed by atoms with Crippen molar-refractivity contribution in [2.45, 2.75) is 32.5 Å². The fraction of sp³-hybridized carbons (Fsp3) is 0.333. The number of carboxylic acids is 1. The molecule has 2 aliphatic rings.